The van der Waals surface area contributed by atoms with Gasteiger partial charge in [0, 0.05) is 43.7 Å². The predicted molar refractivity (Wildman–Crippen MR) is 126 cm³/mol. The van der Waals surface area contributed by atoms with Crippen LogP contribution in [0.15, 0.2) is 41.5 Å². The number of piperazine rings is 1. The van der Waals surface area contributed by atoms with Crippen molar-refractivity contribution in [2.45, 2.75) is 26.3 Å². The van der Waals surface area contributed by atoms with Crippen LogP contribution in [0.3, 0.4) is 0 Å². The minimum Gasteiger partial charge on any atom is -0.497 e. The third-order valence-corrected chi connectivity index (χ3v) is 6.22. The fraction of sp³-hybridized carbons (Fsp3) is 0.440. The van der Waals surface area contributed by atoms with Crippen LogP contribution >= 0.6 is 0 Å². The number of rotatable bonds is 6. The van der Waals surface area contributed by atoms with Crippen molar-refractivity contribution >= 4 is 11.6 Å². The second kappa shape index (κ2) is 9.71. The number of hydrazone groups is 1. The number of hydrogen-bond acceptors (Lipinski definition) is 6. The molecular formula is C25H32N4O3. The molecule has 1 amide bonds. The molecule has 7 heteroatoms. The predicted octanol–water partition coefficient (Wildman–Crippen LogP) is 2.90. The standard InChI is InChI=1S/C25H32N4O3/c1-17-5-7-20(18(2)13-17)22-15-23(21-14-19(31-3)6-8-24(21)32-4)29(27-22)25(30)16-28-11-9-26-10-12-28/h5-8,13-14,23,26H,9-12,15-16H2,1-4H3. The summed E-state index contributed by atoms with van der Waals surface area (Å²) in [7, 11) is 3.30. The minimum absolute atomic E-state index is 0.00142. The Morgan fingerprint density at radius 1 is 1.09 bits per heavy atom. The number of nitrogens with zero attached hydrogens (tertiary/aromatic N) is 3. The van der Waals surface area contributed by atoms with E-state index in [1.54, 1.807) is 19.2 Å². The molecule has 1 fully saturated rings. The number of methoxy groups -OCH3 is 2. The first-order valence-electron chi connectivity index (χ1n) is 11.1. The molecule has 0 bridgehead atoms. The second-order valence-electron chi connectivity index (χ2n) is 8.46. The zero-order valence-corrected chi connectivity index (χ0v) is 19.4. The van der Waals surface area contributed by atoms with E-state index in [9.17, 15) is 4.79 Å². The topological polar surface area (TPSA) is 66.4 Å². The van der Waals surface area contributed by atoms with Crippen LogP contribution in [-0.2, 0) is 4.79 Å². The molecule has 7 nitrogen and oxygen atoms in total. The van der Waals surface area contributed by atoms with E-state index in [4.69, 9.17) is 14.6 Å². The van der Waals surface area contributed by atoms with Crippen molar-refractivity contribution in [2.75, 3.05) is 46.9 Å². The average Bonchev–Trinajstić information content (AvgIpc) is 3.24. The molecule has 1 saturated heterocycles. The van der Waals surface area contributed by atoms with Crippen LogP contribution in [0.1, 0.15) is 34.7 Å². The van der Waals surface area contributed by atoms with Crippen molar-refractivity contribution in [3.05, 3.63) is 58.7 Å². The van der Waals surface area contributed by atoms with Gasteiger partial charge in [-0.05, 0) is 37.6 Å². The third-order valence-electron chi connectivity index (χ3n) is 6.22. The molecular weight excluding hydrogens is 404 g/mol. The number of amides is 1. The van der Waals surface area contributed by atoms with Crippen molar-refractivity contribution in [1.82, 2.24) is 15.2 Å². The van der Waals surface area contributed by atoms with Crippen LogP contribution < -0.4 is 14.8 Å². The van der Waals surface area contributed by atoms with Gasteiger partial charge in [-0.15, -0.1) is 0 Å². The fourth-order valence-electron chi connectivity index (χ4n) is 4.52. The molecule has 0 saturated carbocycles. The molecule has 1 N–H and O–H groups in total. The summed E-state index contributed by atoms with van der Waals surface area (Å²) >= 11 is 0. The van der Waals surface area contributed by atoms with Gasteiger partial charge in [0.25, 0.3) is 5.91 Å². The zero-order valence-electron chi connectivity index (χ0n) is 19.4. The molecule has 0 aromatic heterocycles. The van der Waals surface area contributed by atoms with Gasteiger partial charge in [-0.3, -0.25) is 9.69 Å². The molecule has 0 spiro atoms. The number of carbonyl (C=O) groups is 1. The SMILES string of the molecule is COc1ccc(OC)c(C2CC(c3ccc(C)cc3C)=NN2C(=O)CN2CCNCC2)c1. The minimum atomic E-state index is -0.244. The number of ether oxygens (including phenoxy) is 2. The van der Waals surface area contributed by atoms with Gasteiger partial charge < -0.3 is 14.8 Å². The Bertz CT molecular complexity index is 1010. The highest BCUT2D eigenvalue weighted by atomic mass is 16.5. The Morgan fingerprint density at radius 2 is 1.88 bits per heavy atom. The lowest BCUT2D eigenvalue weighted by atomic mass is 9.94. The molecule has 2 aliphatic rings. The highest BCUT2D eigenvalue weighted by Crippen LogP contribution is 2.39. The summed E-state index contributed by atoms with van der Waals surface area (Å²) in [5, 5.41) is 9.86. The van der Waals surface area contributed by atoms with Gasteiger partial charge in [-0.1, -0.05) is 23.8 Å². The molecule has 2 heterocycles. The lowest BCUT2D eigenvalue weighted by Gasteiger charge is -2.29. The van der Waals surface area contributed by atoms with Crippen LogP contribution in [0.5, 0.6) is 11.5 Å². The van der Waals surface area contributed by atoms with E-state index < -0.39 is 0 Å². The van der Waals surface area contributed by atoms with E-state index in [0.717, 1.165) is 60.1 Å². The first kappa shape index (κ1) is 22.3. The Balaban J connectivity index is 1.70. The van der Waals surface area contributed by atoms with Crippen LogP contribution in [0.25, 0.3) is 0 Å². The van der Waals surface area contributed by atoms with Crippen LogP contribution in [0.4, 0.5) is 0 Å². The maximum atomic E-state index is 13.5. The Labute approximate surface area is 190 Å². The van der Waals surface area contributed by atoms with Gasteiger partial charge in [0.05, 0.1) is 32.5 Å². The lowest BCUT2D eigenvalue weighted by Crippen LogP contribution is -2.47. The summed E-state index contributed by atoms with van der Waals surface area (Å²) < 4.78 is 11.1. The van der Waals surface area contributed by atoms with Crippen molar-refractivity contribution < 1.29 is 14.3 Å². The van der Waals surface area contributed by atoms with E-state index in [-0.39, 0.29) is 11.9 Å². The van der Waals surface area contributed by atoms with E-state index in [2.05, 4.69) is 42.3 Å². The number of benzene rings is 2. The maximum absolute atomic E-state index is 13.5. The molecule has 0 radical (unpaired) electrons. The molecule has 2 aromatic carbocycles. The van der Waals surface area contributed by atoms with Gasteiger partial charge in [-0.25, -0.2) is 5.01 Å². The second-order valence-corrected chi connectivity index (χ2v) is 8.46. The lowest BCUT2D eigenvalue weighted by molar-refractivity contribution is -0.134. The van der Waals surface area contributed by atoms with Crippen LogP contribution in [0, 0.1) is 13.8 Å². The first-order chi connectivity index (χ1) is 15.5. The highest BCUT2D eigenvalue weighted by molar-refractivity contribution is 6.04. The Kier molecular flexibility index (Phi) is 6.77. The Hall–Kier alpha value is -2.90. The van der Waals surface area contributed by atoms with Crippen molar-refractivity contribution in [2.24, 2.45) is 5.10 Å². The van der Waals surface area contributed by atoms with Gasteiger partial charge >= 0.3 is 0 Å². The smallest absolute Gasteiger partial charge is 0.257 e. The van der Waals surface area contributed by atoms with Gasteiger partial charge in [-0.2, -0.15) is 5.10 Å². The molecule has 2 aliphatic heterocycles. The van der Waals surface area contributed by atoms with Gasteiger partial charge in [0.15, 0.2) is 0 Å². The Morgan fingerprint density at radius 3 is 2.56 bits per heavy atom. The number of carbonyl (C=O) groups excluding carboxylic acids is 1. The first-order valence-corrected chi connectivity index (χ1v) is 11.1. The summed E-state index contributed by atoms with van der Waals surface area (Å²) in [4.78, 5) is 15.6. The monoisotopic (exact) mass is 436 g/mol. The van der Waals surface area contributed by atoms with E-state index in [1.165, 1.54) is 5.56 Å². The number of hydrogen-bond donors (Lipinski definition) is 1. The molecule has 32 heavy (non-hydrogen) atoms. The molecule has 2 aromatic rings. The van der Waals surface area contributed by atoms with Crippen LogP contribution in [-0.4, -0.2) is 68.5 Å². The third kappa shape index (κ3) is 4.64. The fourth-order valence-corrected chi connectivity index (χ4v) is 4.52. The maximum Gasteiger partial charge on any atom is 0.257 e. The highest BCUT2D eigenvalue weighted by Gasteiger charge is 2.36. The van der Waals surface area contributed by atoms with Gasteiger partial charge in [0.1, 0.15) is 11.5 Å². The zero-order chi connectivity index (χ0) is 22.7. The summed E-state index contributed by atoms with van der Waals surface area (Å²) in [6, 6.07) is 11.8. The normalized spacial score (nSPS) is 19.1. The number of nitrogens with one attached hydrogen (secondary N) is 1. The summed E-state index contributed by atoms with van der Waals surface area (Å²) in [6.45, 7) is 8.06. The van der Waals surface area contributed by atoms with Crippen molar-refractivity contribution in [3.8, 4) is 11.5 Å². The van der Waals surface area contributed by atoms with E-state index in [1.807, 2.05) is 18.2 Å². The summed E-state index contributed by atoms with van der Waals surface area (Å²) in [5.41, 5.74) is 5.29. The molecule has 170 valence electrons. The summed E-state index contributed by atoms with van der Waals surface area (Å²) in [5.74, 6) is 1.46. The molecule has 1 atom stereocenters. The largest absolute Gasteiger partial charge is 0.497 e. The van der Waals surface area contributed by atoms with Crippen LogP contribution in [0.2, 0.25) is 0 Å². The quantitative estimate of drug-likeness (QED) is 0.754. The van der Waals surface area contributed by atoms with Crippen molar-refractivity contribution in [3.63, 3.8) is 0 Å². The summed E-state index contributed by atoms with van der Waals surface area (Å²) in [6.07, 6.45) is 0.626. The number of aryl methyl sites for hydroxylation is 2. The molecule has 4 rings (SSSR count). The van der Waals surface area contributed by atoms with E-state index in [0.29, 0.717) is 13.0 Å². The molecule has 0 aliphatic carbocycles. The van der Waals surface area contributed by atoms with E-state index >= 15 is 0 Å². The molecule has 1 unspecified atom stereocenters. The average molecular weight is 437 g/mol. The van der Waals surface area contributed by atoms with Gasteiger partial charge in [0.2, 0.25) is 0 Å². The van der Waals surface area contributed by atoms with Crippen molar-refractivity contribution in [1.29, 1.82) is 0 Å².